The predicted molar refractivity (Wildman–Crippen MR) is 122 cm³/mol. The van der Waals surface area contributed by atoms with E-state index in [1.54, 1.807) is 31.4 Å². The molecule has 164 valence electrons. The number of amides is 1. The molecular weight excluding hydrogens is 462 g/mol. The van der Waals surface area contributed by atoms with Gasteiger partial charge in [0, 0.05) is 30.3 Å². The third kappa shape index (κ3) is 5.17. The van der Waals surface area contributed by atoms with E-state index in [1.165, 1.54) is 4.90 Å². The van der Waals surface area contributed by atoms with Crippen molar-refractivity contribution in [2.24, 2.45) is 0 Å². The second-order valence-corrected chi connectivity index (χ2v) is 8.19. The fourth-order valence-corrected chi connectivity index (χ4v) is 4.04. The number of hydrogen-bond acceptors (Lipinski definition) is 5. The van der Waals surface area contributed by atoms with E-state index in [0.717, 1.165) is 16.5 Å². The molecule has 6 nitrogen and oxygen atoms in total. The number of carbonyl (C=O) groups is 2. The van der Waals surface area contributed by atoms with Crippen LogP contribution in [0.25, 0.3) is 5.76 Å². The minimum absolute atomic E-state index is 0.0770. The molecule has 2 aromatic rings. The van der Waals surface area contributed by atoms with Crippen LogP contribution in [0.5, 0.6) is 5.75 Å². The minimum atomic E-state index is -0.695. The van der Waals surface area contributed by atoms with Crippen molar-refractivity contribution in [1.29, 1.82) is 0 Å². The highest BCUT2D eigenvalue weighted by molar-refractivity contribution is 9.10. The molecule has 1 aliphatic heterocycles. The van der Waals surface area contributed by atoms with E-state index in [4.69, 9.17) is 9.47 Å². The highest BCUT2D eigenvalue weighted by Crippen LogP contribution is 2.40. The van der Waals surface area contributed by atoms with Crippen LogP contribution in [-0.4, -0.2) is 48.6 Å². The predicted octanol–water partition coefficient (Wildman–Crippen LogP) is 4.70. The number of halogens is 1. The van der Waals surface area contributed by atoms with Crippen LogP contribution in [0.1, 0.15) is 36.9 Å². The Morgan fingerprint density at radius 1 is 1.13 bits per heavy atom. The number of likely N-dealkylation sites (tertiary alicyclic amines) is 1. The Balaban J connectivity index is 2.08. The second kappa shape index (κ2) is 10.6. The van der Waals surface area contributed by atoms with E-state index in [-0.39, 0.29) is 11.3 Å². The van der Waals surface area contributed by atoms with Crippen molar-refractivity contribution in [3.05, 3.63) is 69.7 Å². The Morgan fingerprint density at radius 2 is 1.90 bits per heavy atom. The topological polar surface area (TPSA) is 76.1 Å². The third-order valence-corrected chi connectivity index (χ3v) is 5.53. The highest BCUT2D eigenvalue weighted by atomic mass is 79.9. The molecular formula is C24H26BrNO5. The minimum Gasteiger partial charge on any atom is -0.507 e. The van der Waals surface area contributed by atoms with E-state index < -0.39 is 17.7 Å². The molecule has 0 bridgehead atoms. The summed E-state index contributed by atoms with van der Waals surface area (Å²) >= 11 is 3.46. The van der Waals surface area contributed by atoms with Gasteiger partial charge in [0.05, 0.1) is 18.2 Å². The molecule has 2 aromatic carbocycles. The summed E-state index contributed by atoms with van der Waals surface area (Å²) in [4.78, 5) is 27.4. The van der Waals surface area contributed by atoms with Crippen molar-refractivity contribution in [1.82, 2.24) is 4.90 Å². The van der Waals surface area contributed by atoms with Crippen LogP contribution in [-0.2, 0) is 14.3 Å². The van der Waals surface area contributed by atoms with Gasteiger partial charge in [0.15, 0.2) is 0 Å². The van der Waals surface area contributed by atoms with E-state index in [9.17, 15) is 14.7 Å². The molecule has 0 aromatic heterocycles. The molecule has 31 heavy (non-hydrogen) atoms. The zero-order valence-corrected chi connectivity index (χ0v) is 19.2. The van der Waals surface area contributed by atoms with Crippen LogP contribution in [0.15, 0.2) is 58.6 Å². The van der Waals surface area contributed by atoms with Crippen molar-refractivity contribution in [2.75, 3.05) is 26.9 Å². The van der Waals surface area contributed by atoms with Gasteiger partial charge in [-0.15, -0.1) is 0 Å². The lowest BCUT2D eigenvalue weighted by atomic mass is 9.95. The highest BCUT2D eigenvalue weighted by Gasteiger charge is 2.45. The number of rotatable bonds is 9. The molecule has 1 fully saturated rings. The summed E-state index contributed by atoms with van der Waals surface area (Å²) in [6.07, 6.45) is 1.43. The van der Waals surface area contributed by atoms with Gasteiger partial charge in [-0.25, -0.2) is 0 Å². The Bertz CT molecular complexity index is 987. The van der Waals surface area contributed by atoms with Crippen molar-refractivity contribution in [3.63, 3.8) is 0 Å². The number of aliphatic hydroxyl groups excluding tert-OH is 1. The van der Waals surface area contributed by atoms with Crippen LogP contribution in [0.4, 0.5) is 0 Å². The van der Waals surface area contributed by atoms with E-state index in [1.807, 2.05) is 31.2 Å². The summed E-state index contributed by atoms with van der Waals surface area (Å²) in [6.45, 7) is 3.36. The lowest BCUT2D eigenvalue weighted by Crippen LogP contribution is -2.31. The number of benzene rings is 2. The molecule has 3 rings (SSSR count). The van der Waals surface area contributed by atoms with Gasteiger partial charge in [-0.2, -0.15) is 0 Å². The molecule has 0 radical (unpaired) electrons. The monoisotopic (exact) mass is 487 g/mol. The number of hydrogen-bond donors (Lipinski definition) is 1. The van der Waals surface area contributed by atoms with Gasteiger partial charge in [-0.1, -0.05) is 47.1 Å². The maximum absolute atomic E-state index is 13.0. The van der Waals surface area contributed by atoms with Crippen LogP contribution < -0.4 is 4.74 Å². The van der Waals surface area contributed by atoms with Gasteiger partial charge in [0.1, 0.15) is 11.5 Å². The Hall–Kier alpha value is -2.64. The first-order valence-corrected chi connectivity index (χ1v) is 11.0. The van der Waals surface area contributed by atoms with Crippen molar-refractivity contribution < 1.29 is 24.2 Å². The van der Waals surface area contributed by atoms with Gasteiger partial charge >= 0.3 is 0 Å². The van der Waals surface area contributed by atoms with E-state index >= 15 is 0 Å². The van der Waals surface area contributed by atoms with Crippen molar-refractivity contribution in [3.8, 4) is 5.75 Å². The lowest BCUT2D eigenvalue weighted by Gasteiger charge is -2.25. The van der Waals surface area contributed by atoms with Gasteiger partial charge in [0.25, 0.3) is 11.7 Å². The average molecular weight is 488 g/mol. The average Bonchev–Trinajstić information content (AvgIpc) is 3.02. The molecule has 7 heteroatoms. The Morgan fingerprint density at radius 3 is 2.61 bits per heavy atom. The maximum atomic E-state index is 13.0. The Labute approximate surface area is 190 Å². The first-order valence-electron chi connectivity index (χ1n) is 10.2. The van der Waals surface area contributed by atoms with Gasteiger partial charge in [-0.05, 0) is 42.7 Å². The molecule has 1 atom stereocenters. The summed E-state index contributed by atoms with van der Waals surface area (Å²) in [5.74, 6) is -0.931. The van der Waals surface area contributed by atoms with Gasteiger partial charge in [0.2, 0.25) is 0 Å². The quantitative estimate of drug-likeness (QED) is 0.240. The normalized spacial score (nSPS) is 17.9. The largest absolute Gasteiger partial charge is 0.507 e. The summed E-state index contributed by atoms with van der Waals surface area (Å²) in [6, 6.07) is 13.7. The van der Waals surface area contributed by atoms with Crippen molar-refractivity contribution >= 4 is 33.4 Å². The molecule has 0 saturated carbocycles. The summed E-state index contributed by atoms with van der Waals surface area (Å²) in [7, 11) is 1.59. The molecule has 1 amide bonds. The number of aliphatic hydroxyl groups is 1. The van der Waals surface area contributed by atoms with E-state index in [2.05, 4.69) is 15.9 Å². The zero-order chi connectivity index (χ0) is 22.4. The maximum Gasteiger partial charge on any atom is 0.295 e. The summed E-state index contributed by atoms with van der Waals surface area (Å²) in [5.41, 5.74) is 1.25. The lowest BCUT2D eigenvalue weighted by molar-refractivity contribution is -0.140. The molecule has 0 spiro atoms. The molecule has 1 aliphatic rings. The molecule has 0 aliphatic carbocycles. The van der Waals surface area contributed by atoms with Crippen LogP contribution in [0.2, 0.25) is 0 Å². The summed E-state index contributed by atoms with van der Waals surface area (Å²) < 4.78 is 11.6. The molecule has 1 unspecified atom stereocenters. The Kier molecular flexibility index (Phi) is 7.87. The zero-order valence-electron chi connectivity index (χ0n) is 17.6. The standard InChI is InChI=1S/C24H26BrNO5/c1-3-12-31-19-10-5-8-17(15-19)22(27)20-21(16-7-4-9-18(25)14-16)26(11-6-13-30-2)24(29)23(20)28/h4-5,7-10,14-15,21,27H,3,6,11-13H2,1-2H3/b22-20+. The smallest absolute Gasteiger partial charge is 0.295 e. The number of methoxy groups -OCH3 is 1. The van der Waals surface area contributed by atoms with Crippen LogP contribution in [0, 0.1) is 0 Å². The molecule has 1 N–H and O–H groups in total. The van der Waals surface area contributed by atoms with E-state index in [0.29, 0.717) is 37.5 Å². The molecule has 1 saturated heterocycles. The number of nitrogens with zero attached hydrogens (tertiary/aromatic N) is 1. The number of ketones is 1. The number of carbonyl (C=O) groups excluding carboxylic acids is 2. The number of Topliss-reactive ketones (excluding diaryl/α,β-unsaturated/α-hetero) is 1. The summed E-state index contributed by atoms with van der Waals surface area (Å²) in [5, 5.41) is 11.1. The van der Waals surface area contributed by atoms with Gasteiger partial charge < -0.3 is 19.5 Å². The number of ether oxygens (including phenoxy) is 2. The van der Waals surface area contributed by atoms with Gasteiger partial charge in [-0.3, -0.25) is 9.59 Å². The second-order valence-electron chi connectivity index (χ2n) is 7.27. The third-order valence-electron chi connectivity index (χ3n) is 5.03. The van der Waals surface area contributed by atoms with Crippen LogP contribution >= 0.6 is 15.9 Å². The SMILES string of the molecule is CCCOc1cccc(/C(O)=C2\C(=O)C(=O)N(CCCOC)C2c2cccc(Br)c2)c1. The fourth-order valence-electron chi connectivity index (χ4n) is 3.62. The van der Waals surface area contributed by atoms with Crippen LogP contribution in [0.3, 0.4) is 0 Å². The first kappa shape index (κ1) is 23.0. The first-order chi connectivity index (χ1) is 15.0. The molecule has 1 heterocycles. The fraction of sp³-hybridized carbons (Fsp3) is 0.333. The van der Waals surface area contributed by atoms with Crippen molar-refractivity contribution in [2.45, 2.75) is 25.8 Å².